The third kappa shape index (κ3) is 2.43. The molecule has 0 bridgehead atoms. The van der Waals surface area contributed by atoms with Crippen molar-refractivity contribution < 1.29 is 0 Å². The van der Waals surface area contributed by atoms with E-state index in [9.17, 15) is 0 Å². The molecule has 94 valence electrons. The third-order valence-electron chi connectivity index (χ3n) is 2.77. The van der Waals surface area contributed by atoms with Gasteiger partial charge < -0.3 is 5.73 Å². The van der Waals surface area contributed by atoms with Crippen molar-refractivity contribution in [3.8, 4) is 0 Å². The monoisotopic (exact) mass is 268 g/mol. The molecule has 3 rings (SSSR count). The molecule has 4 nitrogen and oxygen atoms in total. The maximum absolute atomic E-state index is 5.81. The first-order chi connectivity index (χ1) is 9.38. The summed E-state index contributed by atoms with van der Waals surface area (Å²) >= 11 is 1.57. The normalized spacial score (nSPS) is 10.8. The lowest BCUT2D eigenvalue weighted by atomic mass is 10.1. The Bertz CT molecular complexity index is 700. The Hall–Kier alpha value is -1.98. The van der Waals surface area contributed by atoms with E-state index in [1.54, 1.807) is 30.4 Å². The Labute approximate surface area is 115 Å². The molecule has 0 saturated carbocycles. The van der Waals surface area contributed by atoms with Gasteiger partial charge in [-0.1, -0.05) is 30.0 Å². The zero-order valence-corrected chi connectivity index (χ0v) is 11.0. The Kier molecular flexibility index (Phi) is 3.39. The molecular weight excluding hydrogens is 256 g/mol. The average Bonchev–Trinajstić information content (AvgIpc) is 2.49. The Morgan fingerprint density at radius 2 is 1.95 bits per heavy atom. The summed E-state index contributed by atoms with van der Waals surface area (Å²) in [5.74, 6) is 0. The van der Waals surface area contributed by atoms with Crippen LogP contribution in [0.15, 0.2) is 59.0 Å². The predicted octanol–water partition coefficient (Wildman–Crippen LogP) is 2.63. The Balaban J connectivity index is 2.15. The summed E-state index contributed by atoms with van der Waals surface area (Å²) in [6, 6.07) is 8.04. The summed E-state index contributed by atoms with van der Waals surface area (Å²) in [4.78, 5) is 13.9. The van der Waals surface area contributed by atoms with Crippen LogP contribution >= 0.6 is 11.8 Å². The summed E-state index contributed by atoms with van der Waals surface area (Å²) < 4.78 is 0. The lowest BCUT2D eigenvalue weighted by Gasteiger charge is -2.09. The van der Waals surface area contributed by atoms with Gasteiger partial charge in [-0.25, -0.2) is 4.98 Å². The van der Waals surface area contributed by atoms with Gasteiger partial charge >= 0.3 is 0 Å². The SMILES string of the molecule is NCc1cnc2ccccc2c1Sc1cnccn1. The van der Waals surface area contributed by atoms with Crippen LogP contribution < -0.4 is 5.73 Å². The Morgan fingerprint density at radius 3 is 2.74 bits per heavy atom. The van der Waals surface area contributed by atoms with Gasteiger partial charge in [0.15, 0.2) is 0 Å². The highest BCUT2D eigenvalue weighted by atomic mass is 32.2. The lowest BCUT2D eigenvalue weighted by molar-refractivity contribution is 1.01. The molecule has 2 heterocycles. The zero-order chi connectivity index (χ0) is 13.1. The van der Waals surface area contributed by atoms with E-state index in [0.717, 1.165) is 26.4 Å². The zero-order valence-electron chi connectivity index (χ0n) is 10.2. The molecule has 0 radical (unpaired) electrons. The molecule has 0 atom stereocenters. The first-order valence-electron chi connectivity index (χ1n) is 5.89. The van der Waals surface area contributed by atoms with Crippen LogP contribution in [0.3, 0.4) is 0 Å². The second kappa shape index (κ2) is 5.34. The molecular formula is C14H12N4S. The van der Waals surface area contributed by atoms with Gasteiger partial charge in [0, 0.05) is 35.4 Å². The second-order valence-corrected chi connectivity index (χ2v) is 5.01. The van der Waals surface area contributed by atoms with Crippen LogP contribution in [0.5, 0.6) is 0 Å². The maximum Gasteiger partial charge on any atom is 0.119 e. The molecule has 0 unspecified atom stereocenters. The van der Waals surface area contributed by atoms with Crippen molar-refractivity contribution in [3.63, 3.8) is 0 Å². The first-order valence-corrected chi connectivity index (χ1v) is 6.70. The van der Waals surface area contributed by atoms with E-state index in [2.05, 4.69) is 21.0 Å². The van der Waals surface area contributed by atoms with E-state index >= 15 is 0 Å². The fourth-order valence-electron chi connectivity index (χ4n) is 1.87. The summed E-state index contributed by atoms with van der Waals surface area (Å²) in [6.07, 6.45) is 6.94. The number of nitrogens with zero attached hydrogens (tertiary/aromatic N) is 3. The van der Waals surface area contributed by atoms with Crippen molar-refractivity contribution >= 4 is 22.7 Å². The van der Waals surface area contributed by atoms with Crippen molar-refractivity contribution in [2.24, 2.45) is 5.73 Å². The molecule has 19 heavy (non-hydrogen) atoms. The number of hydrogen-bond acceptors (Lipinski definition) is 5. The number of benzene rings is 1. The van der Waals surface area contributed by atoms with Crippen LogP contribution in [-0.4, -0.2) is 15.0 Å². The summed E-state index contributed by atoms with van der Waals surface area (Å²) in [7, 11) is 0. The number of rotatable bonds is 3. The second-order valence-electron chi connectivity index (χ2n) is 3.98. The molecule has 0 aliphatic carbocycles. The molecule has 3 aromatic rings. The quantitative estimate of drug-likeness (QED) is 0.791. The van der Waals surface area contributed by atoms with E-state index in [0.29, 0.717) is 6.54 Å². The van der Waals surface area contributed by atoms with Gasteiger partial charge in [-0.05, 0) is 11.6 Å². The molecule has 0 saturated heterocycles. The highest BCUT2D eigenvalue weighted by Crippen LogP contribution is 2.34. The largest absolute Gasteiger partial charge is 0.326 e. The number of pyridine rings is 1. The van der Waals surface area contributed by atoms with Crippen LogP contribution in [0.2, 0.25) is 0 Å². The number of para-hydroxylation sites is 1. The fraction of sp³-hybridized carbons (Fsp3) is 0.0714. The Morgan fingerprint density at radius 1 is 1.05 bits per heavy atom. The summed E-state index contributed by atoms with van der Waals surface area (Å²) in [5.41, 5.74) is 7.79. The molecule has 2 N–H and O–H groups in total. The van der Waals surface area contributed by atoms with E-state index < -0.39 is 0 Å². The minimum absolute atomic E-state index is 0.459. The average molecular weight is 268 g/mol. The molecule has 2 aromatic heterocycles. The van der Waals surface area contributed by atoms with E-state index in [1.807, 2.05) is 24.4 Å². The van der Waals surface area contributed by atoms with Crippen LogP contribution in [-0.2, 0) is 6.54 Å². The van der Waals surface area contributed by atoms with Gasteiger partial charge in [-0.3, -0.25) is 9.97 Å². The van der Waals surface area contributed by atoms with E-state index in [4.69, 9.17) is 5.73 Å². The van der Waals surface area contributed by atoms with Gasteiger partial charge in [-0.15, -0.1) is 0 Å². The van der Waals surface area contributed by atoms with E-state index in [1.165, 1.54) is 0 Å². The van der Waals surface area contributed by atoms with Crippen LogP contribution in [0.25, 0.3) is 10.9 Å². The van der Waals surface area contributed by atoms with Gasteiger partial charge in [0.25, 0.3) is 0 Å². The summed E-state index contributed by atoms with van der Waals surface area (Å²) in [6.45, 7) is 0.459. The van der Waals surface area contributed by atoms with Gasteiger partial charge in [-0.2, -0.15) is 0 Å². The molecule has 0 aliphatic heterocycles. The summed E-state index contributed by atoms with van der Waals surface area (Å²) in [5, 5.41) is 1.95. The van der Waals surface area contributed by atoms with Crippen LogP contribution in [0.1, 0.15) is 5.56 Å². The highest BCUT2D eigenvalue weighted by Gasteiger charge is 2.10. The smallest absolute Gasteiger partial charge is 0.119 e. The molecule has 0 spiro atoms. The van der Waals surface area contributed by atoms with Crippen molar-refractivity contribution in [1.29, 1.82) is 0 Å². The van der Waals surface area contributed by atoms with E-state index in [-0.39, 0.29) is 0 Å². The number of aromatic nitrogens is 3. The van der Waals surface area contributed by atoms with Gasteiger partial charge in [0.1, 0.15) is 5.03 Å². The minimum atomic E-state index is 0.459. The molecule has 0 fully saturated rings. The highest BCUT2D eigenvalue weighted by molar-refractivity contribution is 7.99. The minimum Gasteiger partial charge on any atom is -0.326 e. The standard InChI is InChI=1S/C14H12N4S/c15-7-10-8-18-12-4-2-1-3-11(12)14(10)19-13-9-16-5-6-17-13/h1-6,8-9H,7,15H2. The number of hydrogen-bond donors (Lipinski definition) is 1. The third-order valence-corrected chi connectivity index (χ3v) is 3.87. The van der Waals surface area contributed by atoms with Crippen molar-refractivity contribution in [1.82, 2.24) is 15.0 Å². The molecule has 0 amide bonds. The molecule has 0 aliphatic rings. The maximum atomic E-state index is 5.81. The molecule has 5 heteroatoms. The molecule has 1 aromatic carbocycles. The van der Waals surface area contributed by atoms with Gasteiger partial charge in [0.05, 0.1) is 11.7 Å². The van der Waals surface area contributed by atoms with Crippen LogP contribution in [0, 0.1) is 0 Å². The van der Waals surface area contributed by atoms with Crippen molar-refractivity contribution in [2.45, 2.75) is 16.5 Å². The number of nitrogens with two attached hydrogens (primary N) is 1. The fourth-order valence-corrected chi connectivity index (χ4v) is 2.85. The van der Waals surface area contributed by atoms with Crippen LogP contribution in [0.4, 0.5) is 0 Å². The topological polar surface area (TPSA) is 64.7 Å². The van der Waals surface area contributed by atoms with Crippen molar-refractivity contribution in [2.75, 3.05) is 0 Å². The predicted molar refractivity (Wildman–Crippen MR) is 75.8 cm³/mol. The first kappa shape index (κ1) is 12.1. The lowest BCUT2D eigenvalue weighted by Crippen LogP contribution is -2.00. The van der Waals surface area contributed by atoms with Crippen molar-refractivity contribution in [3.05, 3.63) is 54.6 Å². The number of fused-ring (bicyclic) bond motifs is 1. The van der Waals surface area contributed by atoms with Gasteiger partial charge in [0.2, 0.25) is 0 Å².